The van der Waals surface area contributed by atoms with Gasteiger partial charge >= 0.3 is 0 Å². The lowest BCUT2D eigenvalue weighted by Crippen LogP contribution is -2.26. The van der Waals surface area contributed by atoms with E-state index < -0.39 is 0 Å². The minimum atomic E-state index is 0.645. The van der Waals surface area contributed by atoms with Crippen LogP contribution in [0.25, 0.3) is 0 Å². The van der Waals surface area contributed by atoms with Gasteiger partial charge in [0, 0.05) is 18.2 Å². The van der Waals surface area contributed by atoms with Gasteiger partial charge in [0.25, 0.3) is 0 Å². The first-order valence-corrected chi connectivity index (χ1v) is 3.88. The van der Waals surface area contributed by atoms with Crippen molar-refractivity contribution in [2.24, 2.45) is 5.92 Å². The number of nitrogens with one attached hydrogen (secondary N) is 1. The Hall–Kier alpha value is -0.720. The van der Waals surface area contributed by atoms with E-state index in [2.05, 4.69) is 18.5 Å². The molecule has 1 rings (SSSR count). The highest BCUT2D eigenvalue weighted by molar-refractivity contribution is 5.02. The lowest BCUT2D eigenvalue weighted by atomic mass is 9.93. The second kappa shape index (κ2) is 3.45. The molecule has 0 radical (unpaired) electrons. The van der Waals surface area contributed by atoms with Crippen molar-refractivity contribution in [1.29, 1.82) is 0 Å². The Bertz CT molecular complexity index is 138. The highest BCUT2D eigenvalue weighted by atomic mass is 14.9. The summed E-state index contributed by atoms with van der Waals surface area (Å²) in [6, 6.07) is 0. The Morgan fingerprint density at radius 1 is 1.70 bits per heavy atom. The van der Waals surface area contributed by atoms with Gasteiger partial charge in [-0.05, 0) is 19.3 Å². The van der Waals surface area contributed by atoms with Gasteiger partial charge in [0.15, 0.2) is 0 Å². The van der Waals surface area contributed by atoms with Crippen LogP contribution in [-0.2, 0) is 0 Å². The van der Waals surface area contributed by atoms with E-state index >= 15 is 0 Å². The van der Waals surface area contributed by atoms with Crippen LogP contribution >= 0.6 is 0 Å². The summed E-state index contributed by atoms with van der Waals surface area (Å²) >= 11 is 0. The summed E-state index contributed by atoms with van der Waals surface area (Å²) in [5, 5.41) is 3.27. The molecule has 0 amide bonds. The van der Waals surface area contributed by atoms with Crippen LogP contribution in [0.2, 0.25) is 0 Å². The largest absolute Gasteiger partial charge is 0.389 e. The first-order chi connectivity index (χ1) is 4.84. The molecule has 10 heavy (non-hydrogen) atoms. The fourth-order valence-electron chi connectivity index (χ4n) is 1.38. The van der Waals surface area contributed by atoms with Crippen LogP contribution in [0.15, 0.2) is 24.9 Å². The van der Waals surface area contributed by atoms with Crippen molar-refractivity contribution in [3.05, 3.63) is 24.9 Å². The molecule has 1 N–H and O–H groups in total. The molecule has 1 atom stereocenters. The fourth-order valence-corrected chi connectivity index (χ4v) is 1.38. The monoisotopic (exact) mass is 137 g/mol. The summed E-state index contributed by atoms with van der Waals surface area (Å²) in [6.07, 6.45) is 5.60. The molecule has 0 bridgehead atoms. The molecule has 1 fully saturated rings. The highest BCUT2D eigenvalue weighted by Gasteiger charge is 2.14. The summed E-state index contributed by atoms with van der Waals surface area (Å²) in [4.78, 5) is 0. The molecule has 1 unspecified atom stereocenters. The Morgan fingerprint density at radius 3 is 3.10 bits per heavy atom. The summed E-state index contributed by atoms with van der Waals surface area (Å²) in [7, 11) is 0. The molecule has 0 spiro atoms. The van der Waals surface area contributed by atoms with Gasteiger partial charge in [-0.3, -0.25) is 0 Å². The maximum absolute atomic E-state index is 3.96. The molecule has 0 aromatic carbocycles. The average Bonchev–Trinajstić information content (AvgIpc) is 1.94. The first-order valence-electron chi connectivity index (χ1n) is 3.88. The van der Waals surface area contributed by atoms with Gasteiger partial charge in [-0.2, -0.15) is 0 Å². The van der Waals surface area contributed by atoms with Crippen molar-refractivity contribution in [2.75, 3.05) is 6.54 Å². The van der Waals surface area contributed by atoms with Crippen LogP contribution in [0, 0.1) is 5.92 Å². The Balaban J connectivity index is 2.39. The van der Waals surface area contributed by atoms with E-state index in [1.807, 2.05) is 6.08 Å². The molecule has 0 aromatic heterocycles. The number of hydrogen-bond donors (Lipinski definition) is 1. The predicted octanol–water partition coefficient (Wildman–Crippen LogP) is 2.08. The predicted molar refractivity (Wildman–Crippen MR) is 44.7 cm³/mol. The first kappa shape index (κ1) is 7.39. The highest BCUT2D eigenvalue weighted by Crippen LogP contribution is 2.21. The van der Waals surface area contributed by atoms with Crippen LogP contribution in [0.4, 0.5) is 0 Å². The van der Waals surface area contributed by atoms with Crippen LogP contribution in [0.5, 0.6) is 0 Å². The van der Waals surface area contributed by atoms with Crippen molar-refractivity contribution < 1.29 is 0 Å². The van der Waals surface area contributed by atoms with Crippen molar-refractivity contribution in [3.63, 3.8) is 0 Å². The SMILES string of the molecule is C=CCC1CCCNC1=C. The Morgan fingerprint density at radius 2 is 2.50 bits per heavy atom. The van der Waals surface area contributed by atoms with Crippen LogP contribution < -0.4 is 5.32 Å². The van der Waals surface area contributed by atoms with Gasteiger partial charge in [-0.15, -0.1) is 6.58 Å². The Labute approximate surface area is 62.8 Å². The van der Waals surface area contributed by atoms with E-state index in [9.17, 15) is 0 Å². The lowest BCUT2D eigenvalue weighted by Gasteiger charge is -2.24. The van der Waals surface area contributed by atoms with Crippen LogP contribution in [0.1, 0.15) is 19.3 Å². The molecular formula is C9H15N. The van der Waals surface area contributed by atoms with Crippen LogP contribution in [0.3, 0.4) is 0 Å². The fraction of sp³-hybridized carbons (Fsp3) is 0.556. The number of rotatable bonds is 2. The topological polar surface area (TPSA) is 12.0 Å². The average molecular weight is 137 g/mol. The quantitative estimate of drug-likeness (QED) is 0.574. The molecule has 0 aromatic rings. The smallest absolute Gasteiger partial charge is 0.0144 e. The third-order valence-electron chi connectivity index (χ3n) is 2.03. The summed E-state index contributed by atoms with van der Waals surface area (Å²) in [5.74, 6) is 0.645. The second-order valence-corrected chi connectivity index (χ2v) is 2.82. The number of allylic oxidation sites excluding steroid dienone is 2. The number of piperidine rings is 1. The summed E-state index contributed by atoms with van der Waals surface area (Å²) < 4.78 is 0. The van der Waals surface area contributed by atoms with Gasteiger partial charge in [0.05, 0.1) is 0 Å². The van der Waals surface area contributed by atoms with Gasteiger partial charge in [-0.25, -0.2) is 0 Å². The van der Waals surface area contributed by atoms with E-state index in [1.165, 1.54) is 18.5 Å². The van der Waals surface area contributed by atoms with Crippen LogP contribution in [-0.4, -0.2) is 6.54 Å². The van der Waals surface area contributed by atoms with Crippen molar-refractivity contribution >= 4 is 0 Å². The van der Waals surface area contributed by atoms with Gasteiger partial charge < -0.3 is 5.32 Å². The van der Waals surface area contributed by atoms with E-state index in [1.54, 1.807) is 0 Å². The minimum absolute atomic E-state index is 0.645. The zero-order valence-corrected chi connectivity index (χ0v) is 6.40. The summed E-state index contributed by atoms with van der Waals surface area (Å²) in [5.41, 5.74) is 1.20. The normalized spacial score (nSPS) is 25.6. The van der Waals surface area contributed by atoms with Crippen molar-refractivity contribution in [1.82, 2.24) is 5.32 Å². The molecule has 1 aliphatic rings. The van der Waals surface area contributed by atoms with E-state index in [0.29, 0.717) is 5.92 Å². The molecule has 1 heteroatoms. The third-order valence-corrected chi connectivity index (χ3v) is 2.03. The maximum Gasteiger partial charge on any atom is 0.0144 e. The summed E-state index contributed by atoms with van der Waals surface area (Å²) in [6.45, 7) is 8.78. The minimum Gasteiger partial charge on any atom is -0.389 e. The molecule has 0 aliphatic carbocycles. The standard InChI is InChI=1S/C9H15N/c1-3-5-9-6-4-7-10-8(9)2/h3,9-10H,1-2,4-7H2. The van der Waals surface area contributed by atoms with Crippen molar-refractivity contribution in [2.45, 2.75) is 19.3 Å². The molecule has 0 saturated carbocycles. The number of hydrogen-bond acceptors (Lipinski definition) is 1. The van der Waals surface area contributed by atoms with Crippen molar-refractivity contribution in [3.8, 4) is 0 Å². The molecular weight excluding hydrogens is 122 g/mol. The third kappa shape index (κ3) is 1.63. The molecule has 1 saturated heterocycles. The zero-order valence-electron chi connectivity index (χ0n) is 6.40. The molecule has 1 heterocycles. The van der Waals surface area contributed by atoms with Gasteiger partial charge in [0.1, 0.15) is 0 Å². The molecule has 1 aliphatic heterocycles. The molecule has 1 nitrogen and oxygen atoms in total. The van der Waals surface area contributed by atoms with E-state index in [-0.39, 0.29) is 0 Å². The lowest BCUT2D eigenvalue weighted by molar-refractivity contribution is 0.449. The molecule has 56 valence electrons. The van der Waals surface area contributed by atoms with E-state index in [0.717, 1.165) is 13.0 Å². The zero-order chi connectivity index (χ0) is 7.40. The second-order valence-electron chi connectivity index (χ2n) is 2.82. The maximum atomic E-state index is 3.96. The van der Waals surface area contributed by atoms with Gasteiger partial charge in [-0.1, -0.05) is 12.7 Å². The Kier molecular flexibility index (Phi) is 2.55. The van der Waals surface area contributed by atoms with Gasteiger partial charge in [0.2, 0.25) is 0 Å². The van der Waals surface area contributed by atoms with E-state index in [4.69, 9.17) is 0 Å².